The molecule has 0 amide bonds. The van der Waals surface area contributed by atoms with Gasteiger partial charge in [-0.15, -0.1) is 0 Å². The monoisotopic (exact) mass is 919 g/mol. The van der Waals surface area contributed by atoms with Crippen molar-refractivity contribution in [3.05, 3.63) is 197 Å². The van der Waals surface area contributed by atoms with Gasteiger partial charge < -0.3 is 4.74 Å². The maximum absolute atomic E-state index is 6.65. The highest BCUT2D eigenvalue weighted by Crippen LogP contribution is 2.79. The lowest BCUT2D eigenvalue weighted by Gasteiger charge is -2.56. The summed E-state index contributed by atoms with van der Waals surface area (Å²) in [7, 11) is 0. The maximum Gasteiger partial charge on any atom is 0.164 e. The molecule has 8 aromatic rings. The zero-order valence-electron chi connectivity index (χ0n) is 40.3. The van der Waals surface area contributed by atoms with Crippen LogP contribution >= 0.6 is 0 Å². The number of aromatic nitrogens is 3. The van der Waals surface area contributed by atoms with E-state index in [0.717, 1.165) is 70.0 Å². The molecule has 71 heavy (non-hydrogen) atoms. The number of para-hydroxylation sites is 2. The first-order valence-electron chi connectivity index (χ1n) is 27.1. The van der Waals surface area contributed by atoms with Crippen LogP contribution in [-0.2, 0) is 16.2 Å². The SMILES string of the molecule is c1cc(-c2cccc(-c3cccc4c3-c3ccccc3C43c4ccccc4Oc4ccccc43)c2)cc(-c2nc(-c3ccccc3C34CC5C[C@@H]6C[C@H](C3)C[C@]56C4)nc(C34CC5CC(CC(C5)C3)C4)n2)c1. The molecule has 9 aliphatic carbocycles. The molecule has 4 nitrogen and oxygen atoms in total. The second-order valence-corrected chi connectivity index (χ2v) is 24.4. The molecule has 1 aliphatic heterocycles. The Morgan fingerprint density at radius 3 is 1.69 bits per heavy atom. The fraction of sp³-hybridized carbons (Fsp3) is 0.328. The molecule has 0 N–H and O–H groups in total. The van der Waals surface area contributed by atoms with Gasteiger partial charge in [0.25, 0.3) is 0 Å². The van der Waals surface area contributed by atoms with E-state index in [1.54, 1.807) is 0 Å². The van der Waals surface area contributed by atoms with Crippen molar-refractivity contribution < 1.29 is 4.74 Å². The van der Waals surface area contributed by atoms with E-state index < -0.39 is 5.41 Å². The van der Waals surface area contributed by atoms with Gasteiger partial charge in [0.15, 0.2) is 11.6 Å². The van der Waals surface area contributed by atoms with Gasteiger partial charge >= 0.3 is 0 Å². The summed E-state index contributed by atoms with van der Waals surface area (Å²) >= 11 is 0. The van der Waals surface area contributed by atoms with E-state index in [1.807, 2.05) is 0 Å². The van der Waals surface area contributed by atoms with Gasteiger partial charge in [-0.05, 0) is 198 Å². The lowest BCUT2D eigenvalue weighted by Crippen LogP contribution is -2.49. The molecule has 2 heterocycles. The van der Waals surface area contributed by atoms with Crippen LogP contribution in [0, 0.1) is 40.9 Å². The van der Waals surface area contributed by atoms with Crippen LogP contribution in [0.3, 0.4) is 0 Å². The van der Waals surface area contributed by atoms with Crippen LogP contribution in [0.1, 0.15) is 111 Å². The van der Waals surface area contributed by atoms with Gasteiger partial charge in [-0.2, -0.15) is 0 Å². The van der Waals surface area contributed by atoms with Crippen molar-refractivity contribution in [2.75, 3.05) is 0 Å². The van der Waals surface area contributed by atoms with Crippen molar-refractivity contribution >= 4 is 0 Å². The number of fused-ring (bicyclic) bond motifs is 11. The van der Waals surface area contributed by atoms with Crippen LogP contribution in [-0.4, -0.2) is 15.0 Å². The first-order valence-corrected chi connectivity index (χ1v) is 27.1. The van der Waals surface area contributed by atoms with Crippen molar-refractivity contribution in [1.82, 2.24) is 15.0 Å². The molecule has 1 aromatic heterocycles. The summed E-state index contributed by atoms with van der Waals surface area (Å²) in [6.07, 6.45) is 16.4. The Morgan fingerprint density at radius 1 is 0.380 bits per heavy atom. The van der Waals surface area contributed by atoms with Crippen molar-refractivity contribution in [3.8, 4) is 67.7 Å². The average Bonchev–Trinajstić information content (AvgIpc) is 3.90. The molecule has 10 aliphatic rings. The Labute approximate surface area is 417 Å². The summed E-state index contributed by atoms with van der Waals surface area (Å²) in [6, 6.07) is 61.0. The Morgan fingerprint density at radius 2 is 0.944 bits per heavy atom. The molecule has 7 aromatic carbocycles. The molecule has 7 bridgehead atoms. The Balaban J connectivity index is 0.797. The van der Waals surface area contributed by atoms with Crippen molar-refractivity contribution in [1.29, 1.82) is 0 Å². The largest absolute Gasteiger partial charge is 0.457 e. The van der Waals surface area contributed by atoms with Crippen molar-refractivity contribution in [3.63, 3.8) is 0 Å². The lowest BCUT2D eigenvalue weighted by molar-refractivity contribution is -0.00938. The number of ether oxygens (including phenoxy) is 1. The molecular weight excluding hydrogens is 863 g/mol. The predicted molar refractivity (Wildman–Crippen MR) is 281 cm³/mol. The second-order valence-electron chi connectivity index (χ2n) is 24.4. The van der Waals surface area contributed by atoms with Crippen LogP contribution in [0.25, 0.3) is 56.2 Å². The number of nitrogens with zero attached hydrogens (tertiary/aromatic N) is 3. The normalized spacial score (nSPS) is 30.8. The molecule has 8 fully saturated rings. The third kappa shape index (κ3) is 5.34. The molecule has 5 atom stereocenters. The number of hydrogen-bond acceptors (Lipinski definition) is 4. The molecule has 0 radical (unpaired) electrons. The summed E-state index contributed by atoms with van der Waals surface area (Å²) in [5.74, 6) is 9.83. The molecule has 8 saturated carbocycles. The highest BCUT2D eigenvalue weighted by Gasteiger charge is 2.71. The van der Waals surface area contributed by atoms with E-state index in [2.05, 4.69) is 164 Å². The Bertz CT molecular complexity index is 3500. The van der Waals surface area contributed by atoms with Gasteiger partial charge in [0, 0.05) is 27.7 Å². The summed E-state index contributed by atoms with van der Waals surface area (Å²) in [5, 5.41) is 0. The Hall–Kier alpha value is -6.65. The highest BCUT2D eigenvalue weighted by molar-refractivity contribution is 5.97. The second kappa shape index (κ2) is 14.1. The standard InChI is InChI=1S/C67H57N3O/c1-4-20-54-51(16-1)60-50(18-11-23-57(60)67(54)55-21-5-7-24-58(55)71-59-25-8-6-22-56(59)67)46-14-9-12-44(30-46)45-13-10-15-47(31-45)61-68-62(70-63(69-61)64-33-40-26-41(34-64)28-42(27-40)35-64)52-17-2-3-19-53(52)65-36-43-29-48-32-49(38-65)66(48,37-43)39-65/h1-25,30-31,40-43,48-49H,26-29,32-39H2/t40?,41?,42?,43-,48+,49?,64?,65?,66-/m1/s1. The van der Waals surface area contributed by atoms with Gasteiger partial charge in [-0.3, -0.25) is 0 Å². The Kier molecular flexibility index (Phi) is 7.92. The van der Waals surface area contributed by atoms with E-state index in [4.69, 9.17) is 19.7 Å². The van der Waals surface area contributed by atoms with Gasteiger partial charge in [0.2, 0.25) is 0 Å². The van der Waals surface area contributed by atoms with Crippen LogP contribution in [0.2, 0.25) is 0 Å². The van der Waals surface area contributed by atoms with Crippen LogP contribution < -0.4 is 4.74 Å². The summed E-state index contributed by atoms with van der Waals surface area (Å²) in [6.45, 7) is 0. The minimum Gasteiger partial charge on any atom is -0.457 e. The minimum atomic E-state index is -0.506. The van der Waals surface area contributed by atoms with Crippen molar-refractivity contribution in [2.24, 2.45) is 40.9 Å². The lowest BCUT2D eigenvalue weighted by atomic mass is 9.49. The third-order valence-corrected chi connectivity index (χ3v) is 20.9. The molecular formula is C67H57N3O. The van der Waals surface area contributed by atoms with E-state index >= 15 is 0 Å². The van der Waals surface area contributed by atoms with Crippen LogP contribution in [0.15, 0.2) is 164 Å². The molecule has 2 unspecified atom stereocenters. The molecule has 346 valence electrons. The predicted octanol–water partition coefficient (Wildman–Crippen LogP) is 15.9. The van der Waals surface area contributed by atoms with Crippen LogP contribution in [0.4, 0.5) is 0 Å². The average molecular weight is 920 g/mol. The fourth-order valence-corrected chi connectivity index (χ4v) is 18.9. The first-order chi connectivity index (χ1) is 35.0. The minimum absolute atomic E-state index is 0.0465. The number of hydrogen-bond donors (Lipinski definition) is 0. The van der Waals surface area contributed by atoms with E-state index in [1.165, 1.54) is 144 Å². The molecule has 0 saturated heterocycles. The van der Waals surface area contributed by atoms with Crippen molar-refractivity contribution in [2.45, 2.75) is 93.3 Å². The molecule has 2 spiro atoms. The van der Waals surface area contributed by atoms with E-state index in [9.17, 15) is 0 Å². The zero-order chi connectivity index (χ0) is 46.3. The first kappa shape index (κ1) is 40.0. The van der Waals surface area contributed by atoms with Gasteiger partial charge in [0.05, 0.1) is 5.41 Å². The van der Waals surface area contributed by atoms with E-state index in [0.29, 0.717) is 5.41 Å². The van der Waals surface area contributed by atoms with Crippen LogP contribution in [0.5, 0.6) is 11.5 Å². The maximum atomic E-state index is 6.65. The van der Waals surface area contributed by atoms with Gasteiger partial charge in [-0.25, -0.2) is 15.0 Å². The highest BCUT2D eigenvalue weighted by atomic mass is 16.5. The van der Waals surface area contributed by atoms with Gasteiger partial charge in [-0.1, -0.05) is 140 Å². The topological polar surface area (TPSA) is 47.9 Å². The summed E-state index contributed by atoms with van der Waals surface area (Å²) in [4.78, 5) is 17.0. The number of benzene rings is 7. The summed E-state index contributed by atoms with van der Waals surface area (Å²) in [5.41, 5.74) is 16.6. The smallest absolute Gasteiger partial charge is 0.164 e. The van der Waals surface area contributed by atoms with E-state index in [-0.39, 0.29) is 10.8 Å². The third-order valence-electron chi connectivity index (χ3n) is 20.9. The zero-order valence-corrected chi connectivity index (χ0v) is 40.3. The van der Waals surface area contributed by atoms with Gasteiger partial charge in [0.1, 0.15) is 17.3 Å². The molecule has 4 heteroatoms. The number of rotatable bonds is 6. The summed E-state index contributed by atoms with van der Waals surface area (Å²) < 4.78 is 6.65. The quantitative estimate of drug-likeness (QED) is 0.167. The molecule has 18 rings (SSSR count). The fourth-order valence-electron chi connectivity index (χ4n) is 18.9.